The molecule has 0 amide bonds. The number of rotatable bonds is 2. The molecule has 74 valence electrons. The highest BCUT2D eigenvalue weighted by atomic mass is 127. The van der Waals surface area contributed by atoms with Crippen molar-refractivity contribution < 1.29 is 4.74 Å². The van der Waals surface area contributed by atoms with E-state index >= 15 is 0 Å². The van der Waals surface area contributed by atoms with Crippen molar-refractivity contribution in [2.45, 2.75) is 6.92 Å². The zero-order valence-corrected chi connectivity index (χ0v) is 12.1. The SMILES string of the molecule is CCOc1cc(I)c2cc(Br)sc2c1. The van der Waals surface area contributed by atoms with Gasteiger partial charge in [-0.25, -0.2) is 0 Å². The van der Waals surface area contributed by atoms with Gasteiger partial charge in [0.2, 0.25) is 0 Å². The number of benzene rings is 1. The molecule has 0 N–H and O–H groups in total. The van der Waals surface area contributed by atoms with Crippen molar-refractivity contribution in [3.05, 3.63) is 25.6 Å². The van der Waals surface area contributed by atoms with E-state index in [1.807, 2.05) is 6.92 Å². The van der Waals surface area contributed by atoms with Gasteiger partial charge in [0.05, 0.1) is 10.4 Å². The molecule has 1 aromatic carbocycles. The second kappa shape index (κ2) is 4.37. The van der Waals surface area contributed by atoms with Gasteiger partial charge in [-0.2, -0.15) is 0 Å². The summed E-state index contributed by atoms with van der Waals surface area (Å²) in [5.41, 5.74) is 0. The minimum absolute atomic E-state index is 0.716. The first-order valence-corrected chi connectivity index (χ1v) is 6.91. The number of hydrogen-bond donors (Lipinski definition) is 0. The van der Waals surface area contributed by atoms with Crippen molar-refractivity contribution in [2.24, 2.45) is 0 Å². The summed E-state index contributed by atoms with van der Waals surface area (Å²) in [4.78, 5) is 0. The fraction of sp³-hybridized carbons (Fsp3) is 0.200. The molecule has 1 nitrogen and oxygen atoms in total. The Morgan fingerprint density at radius 2 is 2.21 bits per heavy atom. The maximum absolute atomic E-state index is 5.49. The van der Waals surface area contributed by atoms with Crippen LogP contribution >= 0.6 is 49.9 Å². The van der Waals surface area contributed by atoms with Gasteiger partial charge in [0.25, 0.3) is 0 Å². The quantitative estimate of drug-likeness (QED) is 0.686. The van der Waals surface area contributed by atoms with Crippen molar-refractivity contribution in [2.75, 3.05) is 6.61 Å². The maximum atomic E-state index is 5.49. The van der Waals surface area contributed by atoms with Gasteiger partial charge >= 0.3 is 0 Å². The Morgan fingerprint density at radius 1 is 1.43 bits per heavy atom. The second-order valence-electron chi connectivity index (χ2n) is 2.80. The van der Waals surface area contributed by atoms with Gasteiger partial charge in [0.15, 0.2) is 0 Å². The molecule has 2 aromatic rings. The Balaban J connectivity index is 2.59. The third-order valence-electron chi connectivity index (χ3n) is 1.84. The molecule has 2 rings (SSSR count). The summed E-state index contributed by atoms with van der Waals surface area (Å²) in [5.74, 6) is 0.957. The van der Waals surface area contributed by atoms with Crippen molar-refractivity contribution in [3.63, 3.8) is 0 Å². The third-order valence-corrected chi connectivity index (χ3v) is 4.32. The first kappa shape index (κ1) is 10.7. The van der Waals surface area contributed by atoms with Crippen LogP contribution in [0.1, 0.15) is 6.92 Å². The molecule has 0 aliphatic heterocycles. The summed E-state index contributed by atoms with van der Waals surface area (Å²) in [6, 6.07) is 6.32. The van der Waals surface area contributed by atoms with Gasteiger partial charge in [-0.05, 0) is 63.6 Å². The van der Waals surface area contributed by atoms with E-state index in [1.54, 1.807) is 11.3 Å². The predicted octanol–water partition coefficient (Wildman–Crippen LogP) is 4.67. The summed E-state index contributed by atoms with van der Waals surface area (Å²) >= 11 is 7.58. The highest BCUT2D eigenvalue weighted by Gasteiger charge is 2.05. The lowest BCUT2D eigenvalue weighted by Gasteiger charge is -2.03. The molecule has 0 aliphatic carbocycles. The van der Waals surface area contributed by atoms with E-state index in [1.165, 1.54) is 17.4 Å². The van der Waals surface area contributed by atoms with Gasteiger partial charge < -0.3 is 4.74 Å². The van der Waals surface area contributed by atoms with Crippen LogP contribution in [0.4, 0.5) is 0 Å². The molecule has 1 aromatic heterocycles. The van der Waals surface area contributed by atoms with E-state index in [9.17, 15) is 0 Å². The van der Waals surface area contributed by atoms with Crippen molar-refractivity contribution in [3.8, 4) is 5.75 Å². The van der Waals surface area contributed by atoms with Crippen LogP contribution in [-0.2, 0) is 0 Å². The van der Waals surface area contributed by atoms with Gasteiger partial charge in [0, 0.05) is 13.7 Å². The van der Waals surface area contributed by atoms with Crippen molar-refractivity contribution in [1.29, 1.82) is 0 Å². The Morgan fingerprint density at radius 3 is 2.93 bits per heavy atom. The Labute approximate surface area is 109 Å². The molecule has 0 aliphatic rings. The van der Waals surface area contributed by atoms with E-state index in [2.05, 4.69) is 56.7 Å². The number of fused-ring (bicyclic) bond motifs is 1. The summed E-state index contributed by atoms with van der Waals surface area (Å²) in [5, 5.41) is 1.30. The van der Waals surface area contributed by atoms with Gasteiger partial charge in [-0.1, -0.05) is 0 Å². The molecular formula is C10H8BrIOS. The molecular weight excluding hydrogens is 375 g/mol. The smallest absolute Gasteiger partial charge is 0.121 e. The zero-order valence-electron chi connectivity index (χ0n) is 7.51. The molecule has 0 spiro atoms. The fourth-order valence-corrected chi connectivity index (χ4v) is 3.82. The van der Waals surface area contributed by atoms with Crippen molar-refractivity contribution in [1.82, 2.24) is 0 Å². The highest BCUT2D eigenvalue weighted by Crippen LogP contribution is 2.35. The molecule has 14 heavy (non-hydrogen) atoms. The third kappa shape index (κ3) is 2.06. The van der Waals surface area contributed by atoms with Crippen LogP contribution in [0.5, 0.6) is 5.75 Å². The first-order valence-electron chi connectivity index (χ1n) is 4.22. The van der Waals surface area contributed by atoms with Crippen LogP contribution in [0.25, 0.3) is 10.1 Å². The lowest BCUT2D eigenvalue weighted by molar-refractivity contribution is 0.340. The average molecular weight is 383 g/mol. The van der Waals surface area contributed by atoms with Crippen molar-refractivity contribution >= 4 is 59.9 Å². The van der Waals surface area contributed by atoms with Gasteiger partial charge in [-0.15, -0.1) is 11.3 Å². The lowest BCUT2D eigenvalue weighted by atomic mass is 10.2. The van der Waals surface area contributed by atoms with Crippen LogP contribution in [0, 0.1) is 3.57 Å². The number of thiophene rings is 1. The van der Waals surface area contributed by atoms with Crippen LogP contribution in [0.15, 0.2) is 22.0 Å². The Kier molecular flexibility index (Phi) is 3.34. The highest BCUT2D eigenvalue weighted by molar-refractivity contribution is 14.1. The fourth-order valence-electron chi connectivity index (χ4n) is 1.29. The maximum Gasteiger partial charge on any atom is 0.121 e. The molecule has 0 bridgehead atoms. The topological polar surface area (TPSA) is 9.23 Å². The average Bonchev–Trinajstić information content (AvgIpc) is 2.47. The minimum atomic E-state index is 0.716. The zero-order chi connectivity index (χ0) is 10.1. The Bertz CT molecular complexity index is 466. The molecule has 0 saturated heterocycles. The van der Waals surface area contributed by atoms with E-state index in [4.69, 9.17) is 4.74 Å². The normalized spacial score (nSPS) is 10.8. The van der Waals surface area contributed by atoms with E-state index in [0.717, 1.165) is 5.75 Å². The van der Waals surface area contributed by atoms with Crippen LogP contribution in [0.3, 0.4) is 0 Å². The molecule has 0 atom stereocenters. The van der Waals surface area contributed by atoms with E-state index < -0.39 is 0 Å². The molecule has 4 heteroatoms. The van der Waals surface area contributed by atoms with Crippen LogP contribution in [0.2, 0.25) is 0 Å². The number of ether oxygens (including phenoxy) is 1. The summed E-state index contributed by atoms with van der Waals surface area (Å²) < 4.78 is 9.17. The monoisotopic (exact) mass is 382 g/mol. The second-order valence-corrected chi connectivity index (χ2v) is 6.43. The molecule has 1 heterocycles. The number of hydrogen-bond acceptors (Lipinski definition) is 2. The predicted molar refractivity (Wildman–Crippen MR) is 73.4 cm³/mol. The van der Waals surface area contributed by atoms with Gasteiger partial charge in [-0.3, -0.25) is 0 Å². The largest absolute Gasteiger partial charge is 0.494 e. The number of halogens is 2. The summed E-state index contributed by atoms with van der Waals surface area (Å²) in [6.07, 6.45) is 0. The van der Waals surface area contributed by atoms with Gasteiger partial charge in [0.1, 0.15) is 5.75 Å². The summed E-state index contributed by atoms with van der Waals surface area (Å²) in [6.45, 7) is 2.72. The first-order chi connectivity index (χ1) is 6.70. The van der Waals surface area contributed by atoms with Crippen LogP contribution in [-0.4, -0.2) is 6.61 Å². The standard InChI is InChI=1S/C10H8BrIOS/c1-2-13-6-3-8(12)7-5-10(11)14-9(7)4-6/h3-5H,2H2,1H3. The Hall–Kier alpha value is 0.190. The van der Waals surface area contributed by atoms with Crippen LogP contribution < -0.4 is 4.74 Å². The van der Waals surface area contributed by atoms with E-state index in [0.29, 0.717) is 6.61 Å². The minimum Gasteiger partial charge on any atom is -0.494 e. The molecule has 0 fully saturated rings. The molecule has 0 radical (unpaired) electrons. The lowest BCUT2D eigenvalue weighted by Crippen LogP contribution is -1.91. The summed E-state index contributed by atoms with van der Waals surface area (Å²) in [7, 11) is 0. The molecule has 0 unspecified atom stereocenters. The molecule has 0 saturated carbocycles. The van der Waals surface area contributed by atoms with E-state index in [-0.39, 0.29) is 0 Å².